The van der Waals surface area contributed by atoms with Gasteiger partial charge in [0.2, 0.25) is 5.91 Å². The first-order chi connectivity index (χ1) is 9.69. The number of aryl methyl sites for hydroxylation is 1. The summed E-state index contributed by atoms with van der Waals surface area (Å²) in [5.74, 6) is 0.940. The van der Waals surface area contributed by atoms with Gasteiger partial charge in [-0.1, -0.05) is 12.1 Å². The summed E-state index contributed by atoms with van der Waals surface area (Å²) in [6.45, 7) is 3.18. The van der Waals surface area contributed by atoms with Crippen molar-refractivity contribution in [3.63, 3.8) is 0 Å². The van der Waals surface area contributed by atoms with Crippen LogP contribution in [0.4, 0.5) is 5.69 Å². The minimum atomic E-state index is 0.131. The third-order valence-electron chi connectivity index (χ3n) is 3.24. The lowest BCUT2D eigenvalue weighted by Crippen LogP contribution is -2.30. The van der Waals surface area contributed by atoms with E-state index in [4.69, 9.17) is 10.2 Å². The van der Waals surface area contributed by atoms with Crippen molar-refractivity contribution in [2.75, 3.05) is 12.3 Å². The minimum Gasteiger partial charge on any atom is -0.467 e. The van der Waals surface area contributed by atoms with Crippen molar-refractivity contribution in [2.24, 2.45) is 0 Å². The minimum absolute atomic E-state index is 0.131. The van der Waals surface area contributed by atoms with Gasteiger partial charge in [0.05, 0.1) is 12.8 Å². The van der Waals surface area contributed by atoms with E-state index in [2.05, 4.69) is 0 Å². The Morgan fingerprint density at radius 3 is 2.80 bits per heavy atom. The largest absolute Gasteiger partial charge is 0.467 e. The highest BCUT2D eigenvalue weighted by Gasteiger charge is 2.13. The smallest absolute Gasteiger partial charge is 0.223 e. The van der Waals surface area contributed by atoms with Gasteiger partial charge in [0.15, 0.2) is 0 Å². The van der Waals surface area contributed by atoms with Gasteiger partial charge in [-0.25, -0.2) is 0 Å². The topological polar surface area (TPSA) is 59.5 Å². The van der Waals surface area contributed by atoms with Gasteiger partial charge in [0, 0.05) is 18.7 Å². The summed E-state index contributed by atoms with van der Waals surface area (Å²) < 4.78 is 5.28. The first-order valence-electron chi connectivity index (χ1n) is 6.83. The number of rotatable bonds is 6. The fraction of sp³-hybridized carbons (Fsp3) is 0.312. The number of anilines is 1. The molecule has 2 N–H and O–H groups in total. The molecule has 0 spiro atoms. The Hall–Kier alpha value is -2.23. The molecule has 0 aliphatic rings. The average molecular weight is 272 g/mol. The van der Waals surface area contributed by atoms with Gasteiger partial charge < -0.3 is 15.1 Å². The molecular formula is C16H20N2O2. The van der Waals surface area contributed by atoms with E-state index in [9.17, 15) is 4.79 Å². The lowest BCUT2D eigenvalue weighted by Gasteiger charge is -2.19. The summed E-state index contributed by atoms with van der Waals surface area (Å²) in [6, 6.07) is 11.4. The van der Waals surface area contributed by atoms with E-state index < -0.39 is 0 Å². The summed E-state index contributed by atoms with van der Waals surface area (Å²) in [6.07, 6.45) is 2.82. The number of amides is 1. The number of carbonyl (C=O) groups is 1. The number of hydrogen-bond acceptors (Lipinski definition) is 3. The first-order valence-corrected chi connectivity index (χ1v) is 6.83. The van der Waals surface area contributed by atoms with E-state index in [1.165, 1.54) is 0 Å². The van der Waals surface area contributed by atoms with Crippen LogP contribution >= 0.6 is 0 Å². The van der Waals surface area contributed by atoms with Gasteiger partial charge in [-0.3, -0.25) is 4.79 Å². The number of nitrogens with zero attached hydrogens (tertiary/aromatic N) is 1. The van der Waals surface area contributed by atoms with Crippen LogP contribution in [0, 0.1) is 0 Å². The zero-order valence-electron chi connectivity index (χ0n) is 11.7. The molecule has 0 saturated heterocycles. The van der Waals surface area contributed by atoms with Gasteiger partial charge in [-0.2, -0.15) is 0 Å². The molecule has 0 aliphatic carbocycles. The fourth-order valence-corrected chi connectivity index (χ4v) is 2.12. The molecule has 0 radical (unpaired) electrons. The van der Waals surface area contributed by atoms with Crippen LogP contribution in [0.15, 0.2) is 47.1 Å². The van der Waals surface area contributed by atoms with Crippen LogP contribution in [0.1, 0.15) is 24.7 Å². The summed E-state index contributed by atoms with van der Waals surface area (Å²) in [4.78, 5) is 14.0. The van der Waals surface area contributed by atoms with Crippen molar-refractivity contribution >= 4 is 11.6 Å². The standard InChI is InChI=1S/C16H20N2O2/c1-2-18(12-15-7-4-10-20-15)16(19)9-8-13-5-3-6-14(17)11-13/h3-7,10-11H,2,8-9,12,17H2,1H3. The maximum atomic E-state index is 12.2. The van der Waals surface area contributed by atoms with Crippen LogP contribution in [0.25, 0.3) is 0 Å². The van der Waals surface area contributed by atoms with E-state index in [0.717, 1.165) is 17.0 Å². The quantitative estimate of drug-likeness (QED) is 0.823. The molecule has 4 nitrogen and oxygen atoms in total. The van der Waals surface area contributed by atoms with Gasteiger partial charge >= 0.3 is 0 Å². The van der Waals surface area contributed by atoms with Crippen LogP contribution in [0.3, 0.4) is 0 Å². The molecule has 0 fully saturated rings. The molecular weight excluding hydrogens is 252 g/mol. The molecule has 0 unspecified atom stereocenters. The second-order valence-electron chi connectivity index (χ2n) is 4.73. The van der Waals surface area contributed by atoms with E-state index >= 15 is 0 Å². The van der Waals surface area contributed by atoms with Crippen molar-refractivity contribution in [2.45, 2.75) is 26.3 Å². The van der Waals surface area contributed by atoms with Crippen LogP contribution in [-0.4, -0.2) is 17.4 Å². The Kier molecular flexibility index (Phi) is 4.82. The number of benzene rings is 1. The molecule has 2 aromatic rings. The Morgan fingerprint density at radius 2 is 2.15 bits per heavy atom. The maximum absolute atomic E-state index is 12.2. The highest BCUT2D eigenvalue weighted by atomic mass is 16.3. The summed E-state index contributed by atoms with van der Waals surface area (Å²) in [5.41, 5.74) is 7.56. The highest BCUT2D eigenvalue weighted by molar-refractivity contribution is 5.76. The number of furan rings is 1. The predicted molar refractivity (Wildman–Crippen MR) is 79.0 cm³/mol. The van der Waals surface area contributed by atoms with Gasteiger partial charge in [-0.15, -0.1) is 0 Å². The fourth-order valence-electron chi connectivity index (χ4n) is 2.12. The van der Waals surface area contributed by atoms with E-state index in [1.54, 1.807) is 11.2 Å². The second kappa shape index (κ2) is 6.80. The van der Waals surface area contributed by atoms with E-state index in [1.807, 2.05) is 43.3 Å². The zero-order chi connectivity index (χ0) is 14.4. The second-order valence-corrected chi connectivity index (χ2v) is 4.73. The van der Waals surface area contributed by atoms with Crippen LogP contribution < -0.4 is 5.73 Å². The Labute approximate surface area is 119 Å². The summed E-state index contributed by atoms with van der Waals surface area (Å²) in [5, 5.41) is 0. The van der Waals surface area contributed by atoms with Crippen molar-refractivity contribution in [3.05, 3.63) is 54.0 Å². The highest BCUT2D eigenvalue weighted by Crippen LogP contribution is 2.11. The van der Waals surface area contributed by atoms with Crippen LogP contribution in [0.5, 0.6) is 0 Å². The molecule has 2 rings (SSSR count). The average Bonchev–Trinajstić information content (AvgIpc) is 2.95. The monoisotopic (exact) mass is 272 g/mol. The zero-order valence-corrected chi connectivity index (χ0v) is 11.7. The van der Waals surface area contributed by atoms with Gasteiger partial charge in [0.1, 0.15) is 5.76 Å². The van der Waals surface area contributed by atoms with Crippen molar-refractivity contribution in [3.8, 4) is 0 Å². The lowest BCUT2D eigenvalue weighted by molar-refractivity contribution is -0.131. The molecule has 1 aromatic carbocycles. The van der Waals surface area contributed by atoms with Crippen LogP contribution in [-0.2, 0) is 17.8 Å². The lowest BCUT2D eigenvalue weighted by atomic mass is 10.1. The molecule has 20 heavy (non-hydrogen) atoms. The SMILES string of the molecule is CCN(Cc1ccco1)C(=O)CCc1cccc(N)c1. The molecule has 1 heterocycles. The Balaban J connectivity index is 1.89. The third kappa shape index (κ3) is 3.88. The molecule has 106 valence electrons. The Bertz CT molecular complexity index is 549. The van der Waals surface area contributed by atoms with E-state index in [0.29, 0.717) is 25.9 Å². The molecule has 1 amide bonds. The number of carbonyl (C=O) groups excluding carboxylic acids is 1. The van der Waals surface area contributed by atoms with Gasteiger partial charge in [0.25, 0.3) is 0 Å². The number of hydrogen-bond donors (Lipinski definition) is 1. The molecule has 0 atom stereocenters. The van der Waals surface area contributed by atoms with Gasteiger partial charge in [-0.05, 0) is 43.2 Å². The molecule has 1 aromatic heterocycles. The molecule has 4 heteroatoms. The summed E-state index contributed by atoms with van der Waals surface area (Å²) >= 11 is 0. The molecule has 0 bridgehead atoms. The maximum Gasteiger partial charge on any atom is 0.223 e. The van der Waals surface area contributed by atoms with Crippen molar-refractivity contribution in [1.29, 1.82) is 0 Å². The van der Waals surface area contributed by atoms with Crippen molar-refractivity contribution in [1.82, 2.24) is 4.90 Å². The van der Waals surface area contributed by atoms with E-state index in [-0.39, 0.29) is 5.91 Å². The van der Waals surface area contributed by atoms with Crippen LogP contribution in [0.2, 0.25) is 0 Å². The predicted octanol–water partition coefficient (Wildman–Crippen LogP) is 2.84. The number of nitrogen functional groups attached to an aromatic ring is 1. The first kappa shape index (κ1) is 14.2. The molecule has 0 aliphatic heterocycles. The summed E-state index contributed by atoms with van der Waals surface area (Å²) in [7, 11) is 0. The normalized spacial score (nSPS) is 10.4. The number of nitrogens with two attached hydrogens (primary N) is 1. The van der Waals surface area contributed by atoms with Crippen molar-refractivity contribution < 1.29 is 9.21 Å². The molecule has 0 saturated carbocycles. The third-order valence-corrected chi connectivity index (χ3v) is 3.24. The Morgan fingerprint density at radius 1 is 1.30 bits per heavy atom.